The van der Waals surface area contributed by atoms with Crippen LogP contribution in [-0.4, -0.2) is 23.1 Å². The topological polar surface area (TPSA) is 38.3 Å². The Morgan fingerprint density at radius 1 is 1.40 bits per heavy atom. The number of ether oxygens (including phenoxy) is 1. The average Bonchev–Trinajstić information content (AvgIpc) is 2.47. The Balaban J connectivity index is 2.28. The normalized spacial score (nSPS) is 20.0. The first-order valence-electron chi connectivity index (χ1n) is 5.47. The monoisotopic (exact) mass is 233 g/mol. The van der Waals surface area contributed by atoms with E-state index in [2.05, 4.69) is 5.32 Å². The maximum atomic E-state index is 11.4. The highest BCUT2D eigenvalue weighted by Crippen LogP contribution is 2.34. The quantitative estimate of drug-likeness (QED) is 0.745. The van der Waals surface area contributed by atoms with Gasteiger partial charge in [-0.3, -0.25) is 0 Å². The van der Waals surface area contributed by atoms with E-state index in [9.17, 15) is 4.79 Å². The van der Waals surface area contributed by atoms with Crippen LogP contribution in [0, 0.1) is 0 Å². The highest BCUT2D eigenvalue weighted by atomic mass is 35.5. The molecule has 0 spiro atoms. The van der Waals surface area contributed by atoms with E-state index >= 15 is 0 Å². The maximum Gasteiger partial charge on any atom is 0.407 e. The molecule has 1 fully saturated rings. The minimum atomic E-state index is -0.445. The molecule has 88 valence electrons. The number of halogens is 1. The summed E-state index contributed by atoms with van der Waals surface area (Å²) in [5, 5.41) is 2.73. The second kappa shape index (κ2) is 4.60. The fraction of sp³-hybridized carbons (Fsp3) is 0.909. The molecule has 1 aliphatic rings. The molecule has 0 unspecified atom stereocenters. The molecule has 0 aromatic carbocycles. The molecule has 1 rings (SSSR count). The number of amides is 1. The van der Waals surface area contributed by atoms with Gasteiger partial charge in [-0.05, 0) is 33.6 Å². The summed E-state index contributed by atoms with van der Waals surface area (Å²) in [5.41, 5.74) is -0.445. The first-order valence-corrected chi connectivity index (χ1v) is 5.84. The van der Waals surface area contributed by atoms with Crippen molar-refractivity contribution < 1.29 is 9.53 Å². The van der Waals surface area contributed by atoms with Gasteiger partial charge in [0.25, 0.3) is 0 Å². The SMILES string of the molecule is CC(C)(C)OC(=O)NCC1(Cl)CCCC1. The molecule has 1 amide bonds. The number of rotatable bonds is 2. The van der Waals surface area contributed by atoms with Gasteiger partial charge in [-0.15, -0.1) is 11.6 Å². The summed E-state index contributed by atoms with van der Waals surface area (Å²) in [6.45, 7) is 6.04. The first-order chi connectivity index (χ1) is 6.81. The van der Waals surface area contributed by atoms with Crippen LogP contribution in [0.15, 0.2) is 0 Å². The lowest BCUT2D eigenvalue weighted by Gasteiger charge is -2.24. The Morgan fingerprint density at radius 3 is 2.40 bits per heavy atom. The van der Waals surface area contributed by atoms with E-state index < -0.39 is 5.60 Å². The summed E-state index contributed by atoms with van der Waals surface area (Å²) in [5.74, 6) is 0. The number of hydrogen-bond acceptors (Lipinski definition) is 2. The van der Waals surface area contributed by atoms with Crippen LogP contribution in [0.25, 0.3) is 0 Å². The van der Waals surface area contributed by atoms with Crippen LogP contribution in [-0.2, 0) is 4.74 Å². The van der Waals surface area contributed by atoms with E-state index in [1.165, 1.54) is 0 Å². The van der Waals surface area contributed by atoms with Crippen LogP contribution in [0.4, 0.5) is 4.79 Å². The van der Waals surface area contributed by atoms with E-state index in [0.29, 0.717) is 6.54 Å². The van der Waals surface area contributed by atoms with Gasteiger partial charge in [0.2, 0.25) is 0 Å². The highest BCUT2D eigenvalue weighted by Gasteiger charge is 2.32. The number of alkyl halides is 1. The molecule has 0 heterocycles. The first kappa shape index (κ1) is 12.6. The molecule has 0 bridgehead atoms. The lowest BCUT2D eigenvalue weighted by molar-refractivity contribution is 0.0522. The zero-order valence-electron chi connectivity index (χ0n) is 9.73. The van der Waals surface area contributed by atoms with E-state index in [-0.39, 0.29) is 11.0 Å². The van der Waals surface area contributed by atoms with Crippen molar-refractivity contribution in [2.24, 2.45) is 0 Å². The third-order valence-electron chi connectivity index (χ3n) is 2.45. The fourth-order valence-corrected chi connectivity index (χ4v) is 2.06. The maximum absolute atomic E-state index is 11.4. The molecule has 1 aliphatic carbocycles. The predicted molar refractivity (Wildman–Crippen MR) is 61.3 cm³/mol. The van der Waals surface area contributed by atoms with Crippen LogP contribution >= 0.6 is 11.6 Å². The van der Waals surface area contributed by atoms with Gasteiger partial charge in [0.1, 0.15) is 5.60 Å². The second-order valence-corrected chi connectivity index (χ2v) is 6.02. The summed E-state index contributed by atoms with van der Waals surface area (Å²) in [7, 11) is 0. The summed E-state index contributed by atoms with van der Waals surface area (Å²) in [6.07, 6.45) is 3.88. The van der Waals surface area contributed by atoms with Gasteiger partial charge < -0.3 is 10.1 Å². The lowest BCUT2D eigenvalue weighted by atomic mass is 10.1. The third kappa shape index (κ3) is 4.74. The van der Waals surface area contributed by atoms with Crippen LogP contribution < -0.4 is 5.32 Å². The Bertz CT molecular complexity index is 229. The second-order valence-electron chi connectivity index (χ2n) is 5.21. The largest absolute Gasteiger partial charge is 0.444 e. The molecule has 15 heavy (non-hydrogen) atoms. The van der Waals surface area contributed by atoms with E-state index in [4.69, 9.17) is 16.3 Å². The van der Waals surface area contributed by atoms with Crippen LogP contribution in [0.2, 0.25) is 0 Å². The minimum absolute atomic E-state index is 0.239. The number of nitrogens with one attached hydrogen (secondary N) is 1. The zero-order chi connectivity index (χ0) is 11.5. The molecule has 0 aliphatic heterocycles. The summed E-state index contributed by atoms with van der Waals surface area (Å²) < 4.78 is 5.13. The van der Waals surface area contributed by atoms with E-state index in [1.54, 1.807) is 0 Å². The molecular weight excluding hydrogens is 214 g/mol. The summed E-state index contributed by atoms with van der Waals surface area (Å²) >= 11 is 6.32. The zero-order valence-corrected chi connectivity index (χ0v) is 10.5. The van der Waals surface area contributed by atoms with Crippen molar-refractivity contribution in [3.05, 3.63) is 0 Å². The van der Waals surface area contributed by atoms with Crippen LogP contribution in [0.5, 0.6) is 0 Å². The molecule has 0 atom stereocenters. The van der Waals surface area contributed by atoms with Crippen molar-refractivity contribution in [3.8, 4) is 0 Å². The van der Waals surface area contributed by atoms with Crippen molar-refractivity contribution in [2.45, 2.75) is 56.9 Å². The van der Waals surface area contributed by atoms with Crippen molar-refractivity contribution >= 4 is 17.7 Å². The summed E-state index contributed by atoms with van der Waals surface area (Å²) in [6, 6.07) is 0. The van der Waals surface area contributed by atoms with Gasteiger partial charge in [-0.1, -0.05) is 12.8 Å². The third-order valence-corrected chi connectivity index (χ3v) is 2.96. The molecule has 0 radical (unpaired) electrons. The number of carbonyl (C=O) groups excluding carboxylic acids is 1. The molecule has 0 aromatic rings. The van der Waals surface area contributed by atoms with Crippen molar-refractivity contribution in [1.29, 1.82) is 0 Å². The van der Waals surface area contributed by atoms with E-state index in [1.807, 2.05) is 20.8 Å². The van der Waals surface area contributed by atoms with Gasteiger partial charge in [-0.2, -0.15) is 0 Å². The smallest absolute Gasteiger partial charge is 0.407 e. The van der Waals surface area contributed by atoms with E-state index in [0.717, 1.165) is 25.7 Å². The highest BCUT2D eigenvalue weighted by molar-refractivity contribution is 6.24. The van der Waals surface area contributed by atoms with Crippen LogP contribution in [0.3, 0.4) is 0 Å². The van der Waals surface area contributed by atoms with Crippen molar-refractivity contribution in [3.63, 3.8) is 0 Å². The Labute approximate surface area is 96.5 Å². The molecule has 4 heteroatoms. The standard InChI is InChI=1S/C11H20ClNO2/c1-10(2,3)15-9(14)13-8-11(12)6-4-5-7-11/h4-8H2,1-3H3,(H,13,14). The summed E-state index contributed by atoms with van der Waals surface area (Å²) in [4.78, 5) is 11.1. The van der Waals surface area contributed by atoms with Gasteiger partial charge in [0, 0.05) is 6.54 Å². The Hall–Kier alpha value is -0.440. The lowest BCUT2D eigenvalue weighted by Crippen LogP contribution is -2.40. The minimum Gasteiger partial charge on any atom is -0.444 e. The molecule has 3 nitrogen and oxygen atoms in total. The molecule has 1 saturated carbocycles. The van der Waals surface area contributed by atoms with Gasteiger partial charge in [-0.25, -0.2) is 4.79 Å². The van der Waals surface area contributed by atoms with Gasteiger partial charge in [0.15, 0.2) is 0 Å². The van der Waals surface area contributed by atoms with Crippen LogP contribution in [0.1, 0.15) is 46.5 Å². The number of alkyl carbamates (subject to hydrolysis) is 1. The Kier molecular flexibility index (Phi) is 3.87. The number of carbonyl (C=O) groups is 1. The average molecular weight is 234 g/mol. The number of hydrogen-bond donors (Lipinski definition) is 1. The Morgan fingerprint density at radius 2 is 1.93 bits per heavy atom. The molecular formula is C11H20ClNO2. The predicted octanol–water partition coefficient (Wildman–Crippen LogP) is 3.06. The fourth-order valence-electron chi connectivity index (χ4n) is 1.73. The van der Waals surface area contributed by atoms with Crippen molar-refractivity contribution in [1.82, 2.24) is 5.32 Å². The van der Waals surface area contributed by atoms with Gasteiger partial charge in [0.05, 0.1) is 4.87 Å². The van der Waals surface area contributed by atoms with Gasteiger partial charge >= 0.3 is 6.09 Å². The molecule has 0 aromatic heterocycles. The van der Waals surface area contributed by atoms with Crippen molar-refractivity contribution in [2.75, 3.05) is 6.54 Å². The molecule has 1 N–H and O–H groups in total. The molecule has 0 saturated heterocycles.